The average molecular weight is 280 g/mol. The van der Waals surface area contributed by atoms with Crippen LogP contribution in [0.3, 0.4) is 0 Å². The summed E-state index contributed by atoms with van der Waals surface area (Å²) in [6, 6.07) is 4.25. The molecular weight excluding hydrogens is 263 g/mol. The quantitative estimate of drug-likeness (QED) is 0.868. The Morgan fingerprint density at radius 1 is 1.45 bits per heavy atom. The van der Waals surface area contributed by atoms with E-state index in [4.69, 9.17) is 4.74 Å². The number of amides is 2. The predicted octanol–water partition coefficient (Wildman–Crippen LogP) is 0.721. The van der Waals surface area contributed by atoms with Gasteiger partial charge in [0.05, 0.1) is 13.2 Å². The topological polar surface area (TPSA) is 58.6 Å². The second-order valence-electron chi connectivity index (χ2n) is 4.69. The van der Waals surface area contributed by atoms with Crippen molar-refractivity contribution < 1.29 is 18.7 Å². The van der Waals surface area contributed by atoms with E-state index in [9.17, 15) is 14.0 Å². The molecule has 20 heavy (non-hydrogen) atoms. The zero-order chi connectivity index (χ0) is 14.7. The Kier molecular flexibility index (Phi) is 4.34. The van der Waals surface area contributed by atoms with Crippen LogP contribution in [0.15, 0.2) is 18.2 Å². The average Bonchev–Trinajstić information content (AvgIpc) is 2.48. The summed E-state index contributed by atoms with van der Waals surface area (Å²) in [5, 5.41) is 2.50. The van der Waals surface area contributed by atoms with Gasteiger partial charge in [0.25, 0.3) is 11.8 Å². The molecule has 0 spiro atoms. The highest BCUT2D eigenvalue weighted by Gasteiger charge is 2.29. The minimum absolute atomic E-state index is 0.203. The lowest BCUT2D eigenvalue weighted by atomic mass is 10.1. The van der Waals surface area contributed by atoms with Gasteiger partial charge in [-0.1, -0.05) is 0 Å². The van der Waals surface area contributed by atoms with Gasteiger partial charge in [-0.3, -0.25) is 9.59 Å². The molecule has 108 valence electrons. The van der Waals surface area contributed by atoms with Gasteiger partial charge in [-0.15, -0.1) is 0 Å². The molecule has 1 aromatic rings. The van der Waals surface area contributed by atoms with Gasteiger partial charge in [0.2, 0.25) is 0 Å². The van der Waals surface area contributed by atoms with E-state index in [0.29, 0.717) is 24.3 Å². The highest BCUT2D eigenvalue weighted by atomic mass is 19.1. The van der Waals surface area contributed by atoms with Crippen molar-refractivity contribution in [2.75, 3.05) is 26.7 Å². The number of nitrogens with zero attached hydrogens (tertiary/aromatic N) is 1. The Morgan fingerprint density at radius 3 is 2.85 bits per heavy atom. The summed E-state index contributed by atoms with van der Waals surface area (Å²) in [5.41, 5.74) is 0.841. The van der Waals surface area contributed by atoms with Crippen molar-refractivity contribution in [1.82, 2.24) is 10.2 Å². The standard InChI is InChI=1S/C14H17FN2O3/c1-9-7-10(3-4-11(9)15)14(19)17-5-6-20-12(8-17)13(18)16-2/h3-4,7,12H,5-6,8H2,1-2H3,(H,16,18). The molecule has 2 rings (SSSR count). The van der Waals surface area contributed by atoms with Crippen molar-refractivity contribution in [1.29, 1.82) is 0 Å². The fraction of sp³-hybridized carbons (Fsp3) is 0.429. The molecule has 1 aromatic carbocycles. The molecule has 0 bridgehead atoms. The van der Waals surface area contributed by atoms with E-state index < -0.39 is 6.10 Å². The third-order valence-corrected chi connectivity index (χ3v) is 3.30. The van der Waals surface area contributed by atoms with Gasteiger partial charge in [0, 0.05) is 19.2 Å². The molecule has 0 saturated carbocycles. The Hall–Kier alpha value is -1.95. The normalized spacial score (nSPS) is 18.8. The maximum Gasteiger partial charge on any atom is 0.254 e. The van der Waals surface area contributed by atoms with Crippen LogP contribution >= 0.6 is 0 Å². The Morgan fingerprint density at radius 2 is 2.20 bits per heavy atom. The summed E-state index contributed by atoms with van der Waals surface area (Å²) in [5.74, 6) is -0.810. The third kappa shape index (κ3) is 2.96. The molecule has 1 unspecified atom stereocenters. The van der Waals surface area contributed by atoms with E-state index in [1.165, 1.54) is 25.2 Å². The molecule has 1 aliphatic heterocycles. The molecular formula is C14H17FN2O3. The Labute approximate surface area is 116 Å². The van der Waals surface area contributed by atoms with Crippen molar-refractivity contribution in [3.8, 4) is 0 Å². The molecule has 0 radical (unpaired) electrons. The van der Waals surface area contributed by atoms with E-state index in [0.717, 1.165) is 0 Å². The van der Waals surface area contributed by atoms with E-state index >= 15 is 0 Å². The van der Waals surface area contributed by atoms with Crippen LogP contribution in [0.25, 0.3) is 0 Å². The van der Waals surface area contributed by atoms with Crippen LogP contribution in [0.5, 0.6) is 0 Å². The van der Waals surface area contributed by atoms with E-state index in [1.807, 2.05) is 0 Å². The number of benzene rings is 1. The molecule has 2 amide bonds. The minimum Gasteiger partial charge on any atom is -0.365 e. The van der Waals surface area contributed by atoms with Gasteiger partial charge >= 0.3 is 0 Å². The third-order valence-electron chi connectivity index (χ3n) is 3.30. The molecule has 1 atom stereocenters. The van der Waals surface area contributed by atoms with Crippen molar-refractivity contribution in [3.63, 3.8) is 0 Å². The second kappa shape index (κ2) is 6.00. The molecule has 1 saturated heterocycles. The Bertz CT molecular complexity index is 533. The maximum atomic E-state index is 13.2. The number of halogens is 1. The first kappa shape index (κ1) is 14.5. The van der Waals surface area contributed by atoms with Crippen LogP contribution in [-0.2, 0) is 9.53 Å². The zero-order valence-corrected chi connectivity index (χ0v) is 11.5. The zero-order valence-electron chi connectivity index (χ0n) is 11.5. The summed E-state index contributed by atoms with van der Waals surface area (Å²) >= 11 is 0. The number of carbonyl (C=O) groups is 2. The second-order valence-corrected chi connectivity index (χ2v) is 4.69. The van der Waals surface area contributed by atoms with E-state index in [-0.39, 0.29) is 24.2 Å². The number of likely N-dealkylation sites (N-methyl/N-ethyl adjacent to an activating group) is 1. The van der Waals surface area contributed by atoms with Crippen LogP contribution in [-0.4, -0.2) is 49.6 Å². The molecule has 5 nitrogen and oxygen atoms in total. The van der Waals surface area contributed by atoms with Gasteiger partial charge in [-0.05, 0) is 30.7 Å². The number of hydrogen-bond acceptors (Lipinski definition) is 3. The maximum absolute atomic E-state index is 13.2. The van der Waals surface area contributed by atoms with Crippen LogP contribution in [0.4, 0.5) is 4.39 Å². The number of ether oxygens (including phenoxy) is 1. The number of nitrogens with one attached hydrogen (secondary N) is 1. The predicted molar refractivity (Wildman–Crippen MR) is 70.8 cm³/mol. The first-order chi connectivity index (χ1) is 9.52. The lowest BCUT2D eigenvalue weighted by Gasteiger charge is -2.32. The van der Waals surface area contributed by atoms with Crippen LogP contribution in [0, 0.1) is 12.7 Å². The van der Waals surface area contributed by atoms with Crippen molar-refractivity contribution in [2.45, 2.75) is 13.0 Å². The van der Waals surface area contributed by atoms with Crippen molar-refractivity contribution in [2.24, 2.45) is 0 Å². The number of aryl methyl sites for hydroxylation is 1. The van der Waals surface area contributed by atoms with Gasteiger partial charge in [-0.2, -0.15) is 0 Å². The number of morpholine rings is 1. The van der Waals surface area contributed by atoms with Crippen LogP contribution in [0.1, 0.15) is 15.9 Å². The summed E-state index contributed by atoms with van der Waals surface area (Å²) in [6.07, 6.45) is -0.653. The molecule has 1 fully saturated rings. The fourth-order valence-electron chi connectivity index (χ4n) is 2.11. The summed E-state index contributed by atoms with van der Waals surface area (Å²) < 4.78 is 18.5. The van der Waals surface area contributed by atoms with Crippen molar-refractivity contribution in [3.05, 3.63) is 35.1 Å². The van der Waals surface area contributed by atoms with Gasteiger partial charge in [-0.25, -0.2) is 4.39 Å². The molecule has 0 aromatic heterocycles. The number of rotatable bonds is 2. The first-order valence-electron chi connectivity index (χ1n) is 6.41. The molecule has 1 heterocycles. The van der Waals surface area contributed by atoms with E-state index in [2.05, 4.69) is 5.32 Å². The van der Waals surface area contributed by atoms with Crippen LogP contribution in [0.2, 0.25) is 0 Å². The largest absolute Gasteiger partial charge is 0.365 e. The summed E-state index contributed by atoms with van der Waals surface area (Å²) in [4.78, 5) is 25.4. The molecule has 0 aliphatic carbocycles. The smallest absolute Gasteiger partial charge is 0.254 e. The highest BCUT2D eigenvalue weighted by molar-refractivity contribution is 5.95. The lowest BCUT2D eigenvalue weighted by Crippen LogP contribution is -2.51. The Balaban J connectivity index is 2.12. The summed E-state index contributed by atoms with van der Waals surface area (Å²) in [6.45, 7) is 2.54. The molecule has 1 N–H and O–H groups in total. The van der Waals surface area contributed by atoms with Crippen LogP contribution < -0.4 is 5.32 Å². The summed E-state index contributed by atoms with van der Waals surface area (Å²) in [7, 11) is 1.52. The van der Waals surface area contributed by atoms with Crippen molar-refractivity contribution >= 4 is 11.8 Å². The SMILES string of the molecule is CNC(=O)C1CN(C(=O)c2ccc(F)c(C)c2)CCO1. The van der Waals surface area contributed by atoms with Gasteiger partial charge < -0.3 is 15.0 Å². The van der Waals surface area contributed by atoms with E-state index in [1.54, 1.807) is 11.8 Å². The molecule has 6 heteroatoms. The monoisotopic (exact) mass is 280 g/mol. The van der Waals surface area contributed by atoms with Gasteiger partial charge in [0.15, 0.2) is 6.10 Å². The first-order valence-corrected chi connectivity index (χ1v) is 6.41. The number of hydrogen-bond donors (Lipinski definition) is 1. The molecule has 1 aliphatic rings. The lowest BCUT2D eigenvalue weighted by molar-refractivity contribution is -0.136. The fourth-order valence-corrected chi connectivity index (χ4v) is 2.11. The minimum atomic E-state index is -0.653. The highest BCUT2D eigenvalue weighted by Crippen LogP contribution is 2.14. The number of carbonyl (C=O) groups excluding carboxylic acids is 2. The van der Waals surface area contributed by atoms with Gasteiger partial charge in [0.1, 0.15) is 5.82 Å².